The maximum atomic E-state index is 12.6. The summed E-state index contributed by atoms with van der Waals surface area (Å²) in [5.41, 5.74) is 0. The number of carbonyl (C=O) groups is 2. The molecule has 1 atom stereocenters. The lowest BCUT2D eigenvalue weighted by molar-refractivity contribution is -0.142. The van der Waals surface area contributed by atoms with Gasteiger partial charge in [-0.1, -0.05) is 19.1 Å². The Balaban J connectivity index is 2.02. The van der Waals surface area contributed by atoms with Gasteiger partial charge in [0, 0.05) is 26.2 Å². The molecule has 1 aromatic rings. The van der Waals surface area contributed by atoms with Crippen molar-refractivity contribution in [1.82, 2.24) is 9.80 Å². The van der Waals surface area contributed by atoms with Crippen LogP contribution in [0.2, 0.25) is 0 Å². The van der Waals surface area contributed by atoms with Crippen molar-refractivity contribution in [2.45, 2.75) is 19.4 Å². The molecule has 0 unspecified atom stereocenters. The fourth-order valence-corrected chi connectivity index (χ4v) is 2.43. The molecule has 0 aromatic heterocycles. The zero-order valence-corrected chi connectivity index (χ0v) is 13.0. The van der Waals surface area contributed by atoms with E-state index in [1.54, 1.807) is 29.0 Å². The first-order valence-corrected chi connectivity index (χ1v) is 7.47. The van der Waals surface area contributed by atoms with E-state index in [-0.39, 0.29) is 5.91 Å². The molecule has 120 valence electrons. The first kappa shape index (κ1) is 16.1. The van der Waals surface area contributed by atoms with E-state index >= 15 is 0 Å². The lowest BCUT2D eigenvalue weighted by Gasteiger charge is -2.34. The number of methoxy groups -OCH3 is 1. The SMILES string of the molecule is CC[C@@H](Oc1ccccc1OC)C(=O)N1CCN(C=O)CC1. The number of benzene rings is 1. The van der Waals surface area contributed by atoms with E-state index in [4.69, 9.17) is 9.47 Å². The monoisotopic (exact) mass is 306 g/mol. The number of ether oxygens (including phenoxy) is 2. The normalized spacial score (nSPS) is 16.1. The second-order valence-corrected chi connectivity index (χ2v) is 5.13. The molecule has 0 radical (unpaired) electrons. The summed E-state index contributed by atoms with van der Waals surface area (Å²) >= 11 is 0. The topological polar surface area (TPSA) is 59.1 Å². The summed E-state index contributed by atoms with van der Waals surface area (Å²) in [7, 11) is 1.57. The number of hydrogen-bond donors (Lipinski definition) is 0. The van der Waals surface area contributed by atoms with Crippen molar-refractivity contribution in [2.24, 2.45) is 0 Å². The molecule has 1 heterocycles. The predicted molar refractivity (Wildman–Crippen MR) is 81.9 cm³/mol. The predicted octanol–water partition coefficient (Wildman–Crippen LogP) is 1.15. The number of carbonyl (C=O) groups excluding carboxylic acids is 2. The molecule has 0 bridgehead atoms. The van der Waals surface area contributed by atoms with E-state index in [2.05, 4.69) is 0 Å². The van der Waals surface area contributed by atoms with Gasteiger partial charge in [0.05, 0.1) is 7.11 Å². The number of hydrogen-bond acceptors (Lipinski definition) is 4. The van der Waals surface area contributed by atoms with Crippen LogP contribution in [0.4, 0.5) is 0 Å². The van der Waals surface area contributed by atoms with Crippen LogP contribution in [0.1, 0.15) is 13.3 Å². The Morgan fingerprint density at radius 1 is 1.23 bits per heavy atom. The van der Waals surface area contributed by atoms with Crippen molar-refractivity contribution in [3.8, 4) is 11.5 Å². The van der Waals surface area contributed by atoms with Crippen molar-refractivity contribution in [2.75, 3.05) is 33.3 Å². The summed E-state index contributed by atoms with van der Waals surface area (Å²) in [5.74, 6) is 1.13. The largest absolute Gasteiger partial charge is 0.493 e. The molecular weight excluding hydrogens is 284 g/mol. The van der Waals surface area contributed by atoms with Gasteiger partial charge >= 0.3 is 0 Å². The number of amides is 2. The second kappa shape index (κ2) is 7.68. The van der Waals surface area contributed by atoms with E-state index in [9.17, 15) is 9.59 Å². The molecule has 1 aliphatic rings. The summed E-state index contributed by atoms with van der Waals surface area (Å²) in [5, 5.41) is 0. The highest BCUT2D eigenvalue weighted by atomic mass is 16.5. The highest BCUT2D eigenvalue weighted by Gasteiger charge is 2.28. The van der Waals surface area contributed by atoms with Gasteiger partial charge < -0.3 is 19.3 Å². The minimum atomic E-state index is -0.543. The number of piperazine rings is 1. The molecule has 1 fully saturated rings. The van der Waals surface area contributed by atoms with E-state index in [0.29, 0.717) is 44.1 Å². The van der Waals surface area contributed by atoms with Gasteiger partial charge in [0.2, 0.25) is 6.41 Å². The molecule has 22 heavy (non-hydrogen) atoms. The molecule has 0 aliphatic carbocycles. The highest BCUT2D eigenvalue weighted by molar-refractivity contribution is 5.81. The van der Waals surface area contributed by atoms with E-state index in [0.717, 1.165) is 6.41 Å². The Morgan fingerprint density at radius 3 is 2.41 bits per heavy atom. The average molecular weight is 306 g/mol. The number of nitrogens with zero attached hydrogens (tertiary/aromatic N) is 2. The van der Waals surface area contributed by atoms with E-state index < -0.39 is 6.10 Å². The van der Waals surface area contributed by atoms with Crippen LogP contribution in [0.25, 0.3) is 0 Å². The zero-order chi connectivity index (χ0) is 15.9. The summed E-state index contributed by atoms with van der Waals surface area (Å²) in [6.45, 7) is 4.15. The van der Waals surface area contributed by atoms with Crippen LogP contribution < -0.4 is 9.47 Å². The van der Waals surface area contributed by atoms with Crippen LogP contribution in [0.3, 0.4) is 0 Å². The van der Waals surface area contributed by atoms with Crippen molar-refractivity contribution in [1.29, 1.82) is 0 Å². The van der Waals surface area contributed by atoms with Crippen LogP contribution in [0, 0.1) is 0 Å². The maximum Gasteiger partial charge on any atom is 0.263 e. The van der Waals surface area contributed by atoms with Gasteiger partial charge in [-0.3, -0.25) is 9.59 Å². The summed E-state index contributed by atoms with van der Waals surface area (Å²) in [6, 6.07) is 7.29. The first-order valence-electron chi connectivity index (χ1n) is 7.47. The van der Waals surface area contributed by atoms with Gasteiger partial charge in [-0.05, 0) is 18.6 Å². The lowest BCUT2D eigenvalue weighted by Crippen LogP contribution is -2.51. The fourth-order valence-electron chi connectivity index (χ4n) is 2.43. The van der Waals surface area contributed by atoms with Gasteiger partial charge in [-0.2, -0.15) is 0 Å². The summed E-state index contributed by atoms with van der Waals surface area (Å²) in [4.78, 5) is 26.7. The van der Waals surface area contributed by atoms with Gasteiger partial charge in [0.15, 0.2) is 17.6 Å². The Bertz CT molecular complexity index is 513. The minimum absolute atomic E-state index is 0.0426. The average Bonchev–Trinajstić information content (AvgIpc) is 2.59. The van der Waals surface area contributed by atoms with Crippen molar-refractivity contribution in [3.63, 3.8) is 0 Å². The Hall–Kier alpha value is -2.24. The van der Waals surface area contributed by atoms with Crippen LogP contribution in [-0.4, -0.2) is 61.5 Å². The van der Waals surface area contributed by atoms with Crippen LogP contribution >= 0.6 is 0 Å². The summed E-state index contributed by atoms with van der Waals surface area (Å²) in [6.07, 6.45) is 0.856. The van der Waals surface area contributed by atoms with Gasteiger partial charge in [0.1, 0.15) is 0 Å². The smallest absolute Gasteiger partial charge is 0.263 e. The Kier molecular flexibility index (Phi) is 5.63. The van der Waals surface area contributed by atoms with Crippen molar-refractivity contribution < 1.29 is 19.1 Å². The number of rotatable bonds is 6. The minimum Gasteiger partial charge on any atom is -0.493 e. The molecule has 2 amide bonds. The summed E-state index contributed by atoms with van der Waals surface area (Å²) < 4.78 is 11.1. The Morgan fingerprint density at radius 2 is 1.86 bits per heavy atom. The standard InChI is InChI=1S/C16H22N2O4/c1-3-13(22-15-7-5-4-6-14(15)21-2)16(20)18-10-8-17(12-19)9-11-18/h4-7,12-13H,3,8-11H2,1-2H3/t13-/m1/s1. The van der Waals surface area contributed by atoms with Crippen LogP contribution in [-0.2, 0) is 9.59 Å². The van der Waals surface area contributed by atoms with Crippen molar-refractivity contribution in [3.05, 3.63) is 24.3 Å². The highest BCUT2D eigenvalue weighted by Crippen LogP contribution is 2.27. The van der Waals surface area contributed by atoms with Gasteiger partial charge in [-0.15, -0.1) is 0 Å². The third-order valence-corrected chi connectivity index (χ3v) is 3.76. The lowest BCUT2D eigenvalue weighted by atomic mass is 10.2. The molecule has 1 aromatic carbocycles. The fraction of sp³-hybridized carbons (Fsp3) is 0.500. The molecule has 1 aliphatic heterocycles. The van der Waals surface area contributed by atoms with Gasteiger partial charge in [-0.25, -0.2) is 0 Å². The molecule has 6 heteroatoms. The molecule has 6 nitrogen and oxygen atoms in total. The molecule has 0 N–H and O–H groups in total. The number of para-hydroxylation sites is 2. The molecule has 0 spiro atoms. The zero-order valence-electron chi connectivity index (χ0n) is 13.0. The van der Waals surface area contributed by atoms with Gasteiger partial charge in [0.25, 0.3) is 5.91 Å². The van der Waals surface area contributed by atoms with E-state index in [1.807, 2.05) is 19.1 Å². The third-order valence-electron chi connectivity index (χ3n) is 3.76. The quantitative estimate of drug-likeness (QED) is 0.740. The van der Waals surface area contributed by atoms with Crippen LogP contribution in [0.15, 0.2) is 24.3 Å². The maximum absolute atomic E-state index is 12.6. The van der Waals surface area contributed by atoms with E-state index in [1.165, 1.54) is 0 Å². The Labute approximate surface area is 130 Å². The first-order chi connectivity index (χ1) is 10.7. The third kappa shape index (κ3) is 3.69. The second-order valence-electron chi connectivity index (χ2n) is 5.13. The van der Waals surface area contributed by atoms with Crippen LogP contribution in [0.5, 0.6) is 11.5 Å². The molecule has 1 saturated heterocycles. The molecule has 0 saturated carbocycles. The molecular formula is C16H22N2O4. The van der Waals surface area contributed by atoms with Crippen molar-refractivity contribution >= 4 is 12.3 Å². The molecule has 2 rings (SSSR count).